The SMILES string of the molecule is O=C(CC1CCCN1)N1CCCC1c1cccnc1. The summed E-state index contributed by atoms with van der Waals surface area (Å²) in [7, 11) is 0. The first kappa shape index (κ1) is 12.6. The van der Waals surface area contributed by atoms with E-state index in [0.717, 1.165) is 32.4 Å². The maximum atomic E-state index is 12.5. The van der Waals surface area contributed by atoms with Crippen molar-refractivity contribution in [3.05, 3.63) is 30.1 Å². The van der Waals surface area contributed by atoms with Gasteiger partial charge in [-0.15, -0.1) is 0 Å². The number of nitrogens with one attached hydrogen (secondary N) is 1. The number of carbonyl (C=O) groups is 1. The molecule has 3 rings (SSSR count). The Morgan fingerprint density at radius 3 is 3.11 bits per heavy atom. The normalized spacial score (nSPS) is 26.8. The van der Waals surface area contributed by atoms with E-state index in [1.165, 1.54) is 12.0 Å². The Bertz CT molecular complexity index is 428. The first-order valence-corrected chi connectivity index (χ1v) is 7.27. The fourth-order valence-electron chi connectivity index (χ4n) is 3.24. The maximum Gasteiger partial charge on any atom is 0.224 e. The van der Waals surface area contributed by atoms with Crippen LogP contribution in [0.5, 0.6) is 0 Å². The van der Waals surface area contributed by atoms with Crippen LogP contribution in [0.2, 0.25) is 0 Å². The zero-order valence-corrected chi connectivity index (χ0v) is 11.2. The fraction of sp³-hybridized carbons (Fsp3) is 0.600. The molecule has 2 saturated heterocycles. The van der Waals surface area contributed by atoms with Gasteiger partial charge in [0.05, 0.1) is 6.04 Å². The Hall–Kier alpha value is -1.42. The van der Waals surface area contributed by atoms with Gasteiger partial charge in [0, 0.05) is 31.4 Å². The minimum absolute atomic E-state index is 0.239. The topological polar surface area (TPSA) is 45.2 Å². The van der Waals surface area contributed by atoms with Crippen molar-refractivity contribution in [3.63, 3.8) is 0 Å². The molecule has 2 unspecified atom stereocenters. The number of likely N-dealkylation sites (tertiary alicyclic amines) is 1. The second kappa shape index (κ2) is 5.70. The minimum atomic E-state index is 0.239. The Morgan fingerprint density at radius 1 is 1.42 bits per heavy atom. The highest BCUT2D eigenvalue weighted by molar-refractivity contribution is 5.77. The van der Waals surface area contributed by atoms with Gasteiger partial charge in [0.15, 0.2) is 0 Å². The van der Waals surface area contributed by atoms with Gasteiger partial charge in [0.25, 0.3) is 0 Å². The van der Waals surface area contributed by atoms with Gasteiger partial charge in [-0.25, -0.2) is 0 Å². The van der Waals surface area contributed by atoms with Crippen LogP contribution in [0.3, 0.4) is 0 Å². The number of nitrogens with zero attached hydrogens (tertiary/aromatic N) is 2. The molecule has 2 aliphatic heterocycles. The molecule has 1 aromatic heterocycles. The van der Waals surface area contributed by atoms with E-state index in [4.69, 9.17) is 0 Å². The van der Waals surface area contributed by atoms with Gasteiger partial charge < -0.3 is 10.2 Å². The lowest BCUT2D eigenvalue weighted by atomic mass is 10.1. The molecule has 2 aliphatic rings. The van der Waals surface area contributed by atoms with E-state index in [-0.39, 0.29) is 6.04 Å². The average molecular weight is 259 g/mol. The number of hydrogen-bond acceptors (Lipinski definition) is 3. The summed E-state index contributed by atoms with van der Waals surface area (Å²) in [4.78, 5) is 18.7. The van der Waals surface area contributed by atoms with Gasteiger partial charge in [-0.1, -0.05) is 6.07 Å². The molecule has 0 spiro atoms. The molecule has 1 N–H and O–H groups in total. The third-order valence-corrected chi connectivity index (χ3v) is 4.23. The molecule has 0 saturated carbocycles. The van der Waals surface area contributed by atoms with Crippen LogP contribution in [-0.2, 0) is 4.79 Å². The van der Waals surface area contributed by atoms with Crippen LogP contribution in [0.15, 0.2) is 24.5 Å². The molecule has 0 radical (unpaired) electrons. The van der Waals surface area contributed by atoms with Crippen molar-refractivity contribution in [2.45, 2.75) is 44.2 Å². The Morgan fingerprint density at radius 2 is 2.37 bits per heavy atom. The van der Waals surface area contributed by atoms with Crippen molar-refractivity contribution in [1.82, 2.24) is 15.2 Å². The average Bonchev–Trinajstić information content (AvgIpc) is 3.10. The molecule has 4 heteroatoms. The highest BCUT2D eigenvalue weighted by atomic mass is 16.2. The van der Waals surface area contributed by atoms with E-state index in [0.29, 0.717) is 18.4 Å². The van der Waals surface area contributed by atoms with Crippen LogP contribution in [0.25, 0.3) is 0 Å². The summed E-state index contributed by atoms with van der Waals surface area (Å²) < 4.78 is 0. The molecule has 0 aromatic carbocycles. The van der Waals surface area contributed by atoms with Gasteiger partial charge in [0.1, 0.15) is 0 Å². The quantitative estimate of drug-likeness (QED) is 0.901. The highest BCUT2D eigenvalue weighted by Crippen LogP contribution is 2.32. The standard InChI is InChI=1S/C15H21N3O/c19-15(10-13-5-2-8-17-13)18-9-3-6-14(18)12-4-1-7-16-11-12/h1,4,7,11,13-14,17H,2-3,5-6,8-10H2. The number of carbonyl (C=O) groups excluding carboxylic acids is 1. The van der Waals surface area contributed by atoms with E-state index in [9.17, 15) is 4.79 Å². The maximum absolute atomic E-state index is 12.5. The molecule has 2 fully saturated rings. The summed E-state index contributed by atoms with van der Waals surface area (Å²) in [6.07, 6.45) is 8.83. The monoisotopic (exact) mass is 259 g/mol. The molecule has 1 amide bonds. The third kappa shape index (κ3) is 2.78. The van der Waals surface area contributed by atoms with Crippen molar-refractivity contribution < 1.29 is 4.79 Å². The molecule has 1 aromatic rings. The Kier molecular flexibility index (Phi) is 3.78. The first-order chi connectivity index (χ1) is 9.34. The predicted octanol–water partition coefficient (Wildman–Crippen LogP) is 1.89. The molecule has 0 bridgehead atoms. The van der Waals surface area contributed by atoms with Crippen LogP contribution in [0, 0.1) is 0 Å². The highest BCUT2D eigenvalue weighted by Gasteiger charge is 2.31. The van der Waals surface area contributed by atoms with Gasteiger partial charge >= 0.3 is 0 Å². The van der Waals surface area contributed by atoms with E-state index >= 15 is 0 Å². The Labute approximate surface area is 114 Å². The second-order valence-electron chi connectivity index (χ2n) is 5.53. The van der Waals surface area contributed by atoms with Gasteiger partial charge in [-0.3, -0.25) is 9.78 Å². The summed E-state index contributed by atoms with van der Waals surface area (Å²) >= 11 is 0. The van der Waals surface area contributed by atoms with Crippen molar-refractivity contribution in [1.29, 1.82) is 0 Å². The van der Waals surface area contributed by atoms with Crippen molar-refractivity contribution in [2.24, 2.45) is 0 Å². The molecular weight excluding hydrogens is 238 g/mol. The number of pyridine rings is 1. The Balaban J connectivity index is 1.67. The molecule has 4 nitrogen and oxygen atoms in total. The van der Waals surface area contributed by atoms with Crippen LogP contribution in [0.4, 0.5) is 0 Å². The first-order valence-electron chi connectivity index (χ1n) is 7.27. The zero-order valence-electron chi connectivity index (χ0n) is 11.2. The fourth-order valence-corrected chi connectivity index (χ4v) is 3.24. The van der Waals surface area contributed by atoms with Crippen LogP contribution in [0.1, 0.15) is 43.7 Å². The van der Waals surface area contributed by atoms with Crippen LogP contribution >= 0.6 is 0 Å². The molecule has 102 valence electrons. The summed E-state index contributed by atoms with van der Waals surface area (Å²) in [5.74, 6) is 0.297. The van der Waals surface area contributed by atoms with Crippen LogP contribution < -0.4 is 5.32 Å². The summed E-state index contributed by atoms with van der Waals surface area (Å²) in [6, 6.07) is 4.66. The van der Waals surface area contributed by atoms with E-state index in [1.807, 2.05) is 12.3 Å². The molecular formula is C15H21N3O. The van der Waals surface area contributed by atoms with E-state index in [1.54, 1.807) is 6.20 Å². The second-order valence-corrected chi connectivity index (χ2v) is 5.53. The minimum Gasteiger partial charge on any atom is -0.336 e. The molecule has 3 heterocycles. The smallest absolute Gasteiger partial charge is 0.224 e. The lowest BCUT2D eigenvalue weighted by molar-refractivity contribution is -0.132. The summed E-state index contributed by atoms with van der Waals surface area (Å²) in [5, 5.41) is 3.41. The van der Waals surface area contributed by atoms with Crippen molar-refractivity contribution in [3.8, 4) is 0 Å². The van der Waals surface area contributed by atoms with E-state index in [2.05, 4.69) is 21.3 Å². The van der Waals surface area contributed by atoms with Gasteiger partial charge in [0.2, 0.25) is 5.91 Å². The number of hydrogen-bond donors (Lipinski definition) is 1. The number of rotatable bonds is 3. The molecule has 19 heavy (non-hydrogen) atoms. The van der Waals surface area contributed by atoms with E-state index < -0.39 is 0 Å². The summed E-state index contributed by atoms with van der Waals surface area (Å²) in [6.45, 7) is 1.95. The van der Waals surface area contributed by atoms with Gasteiger partial charge in [-0.05, 0) is 43.9 Å². The third-order valence-electron chi connectivity index (χ3n) is 4.23. The van der Waals surface area contributed by atoms with Gasteiger partial charge in [-0.2, -0.15) is 0 Å². The van der Waals surface area contributed by atoms with Crippen molar-refractivity contribution >= 4 is 5.91 Å². The summed E-state index contributed by atoms with van der Waals surface area (Å²) in [5.41, 5.74) is 1.17. The molecule has 0 aliphatic carbocycles. The zero-order chi connectivity index (χ0) is 13.1. The van der Waals surface area contributed by atoms with Crippen LogP contribution in [-0.4, -0.2) is 34.9 Å². The number of amides is 1. The molecule has 2 atom stereocenters. The lowest BCUT2D eigenvalue weighted by Gasteiger charge is -2.26. The predicted molar refractivity (Wildman–Crippen MR) is 73.6 cm³/mol. The largest absolute Gasteiger partial charge is 0.336 e. The number of aromatic nitrogens is 1. The van der Waals surface area contributed by atoms with Crippen molar-refractivity contribution in [2.75, 3.05) is 13.1 Å². The lowest BCUT2D eigenvalue weighted by Crippen LogP contribution is -2.35.